The van der Waals surface area contributed by atoms with Gasteiger partial charge in [-0.1, -0.05) is 6.07 Å². The Kier molecular flexibility index (Phi) is 5.40. The van der Waals surface area contributed by atoms with E-state index < -0.39 is 0 Å². The second-order valence-electron chi connectivity index (χ2n) is 8.81. The number of piperidine rings is 1. The van der Waals surface area contributed by atoms with Gasteiger partial charge in [0.15, 0.2) is 17.2 Å². The number of nitrogens with zero attached hydrogens (tertiary/aromatic N) is 7. The van der Waals surface area contributed by atoms with Crippen LogP contribution in [0.1, 0.15) is 35.2 Å². The van der Waals surface area contributed by atoms with E-state index in [0.717, 1.165) is 37.2 Å². The molecule has 10 nitrogen and oxygen atoms in total. The lowest BCUT2D eigenvalue weighted by Crippen LogP contribution is -2.36. The van der Waals surface area contributed by atoms with Gasteiger partial charge in [0.05, 0.1) is 18.7 Å². The number of hydrogen-bond donors (Lipinski definition) is 0. The molecule has 10 heteroatoms. The van der Waals surface area contributed by atoms with Gasteiger partial charge in [0.25, 0.3) is 5.91 Å². The molecule has 2 aliphatic rings. The van der Waals surface area contributed by atoms with Gasteiger partial charge >= 0.3 is 5.69 Å². The second kappa shape index (κ2) is 8.86. The Morgan fingerprint density at radius 1 is 1.06 bits per heavy atom. The lowest BCUT2D eigenvalue weighted by Gasteiger charge is -2.31. The molecule has 6 rings (SSSR count). The quantitative estimate of drug-likeness (QED) is 0.451. The average molecular weight is 472 g/mol. The number of carbonyl (C=O) groups excluding carboxylic acids is 1. The molecule has 35 heavy (non-hydrogen) atoms. The first-order valence-corrected chi connectivity index (χ1v) is 11.9. The standard InChI is InChI=1S/C25H25N7O3/c33-24(29-8-2-1-3-9-29)19-13-21-23(27-16-19)30(11-12-35-21)20-6-10-31-22(14-20)28-32(25(31)34)17-18-5-4-7-26-15-18/h4-7,10,13-16H,1-3,8-9,11-12,17H2. The van der Waals surface area contributed by atoms with Crippen molar-refractivity contribution >= 4 is 23.1 Å². The monoisotopic (exact) mass is 471 g/mol. The van der Waals surface area contributed by atoms with E-state index in [-0.39, 0.29) is 11.6 Å². The lowest BCUT2D eigenvalue weighted by atomic mass is 10.1. The van der Waals surface area contributed by atoms with Crippen LogP contribution in [0.3, 0.4) is 0 Å². The zero-order valence-corrected chi connectivity index (χ0v) is 19.2. The first kappa shape index (κ1) is 21.3. The molecule has 0 spiro atoms. The van der Waals surface area contributed by atoms with Gasteiger partial charge in [-0.15, -0.1) is 5.10 Å². The van der Waals surface area contributed by atoms with Crippen LogP contribution in [-0.4, -0.2) is 61.2 Å². The molecule has 0 radical (unpaired) electrons. The van der Waals surface area contributed by atoms with Crippen LogP contribution in [0, 0.1) is 0 Å². The number of rotatable bonds is 4. The minimum atomic E-state index is -0.211. The fourth-order valence-electron chi connectivity index (χ4n) is 4.69. The highest BCUT2D eigenvalue weighted by Crippen LogP contribution is 2.35. The lowest BCUT2D eigenvalue weighted by molar-refractivity contribution is 0.0723. The minimum absolute atomic E-state index is 0.000624. The minimum Gasteiger partial charge on any atom is -0.488 e. The highest BCUT2D eigenvalue weighted by molar-refractivity contribution is 5.95. The summed E-state index contributed by atoms with van der Waals surface area (Å²) in [4.78, 5) is 38.4. The maximum atomic E-state index is 12.9. The smallest absolute Gasteiger partial charge is 0.350 e. The molecule has 4 aromatic rings. The van der Waals surface area contributed by atoms with Gasteiger partial charge in [0.1, 0.15) is 6.61 Å². The van der Waals surface area contributed by atoms with Crippen molar-refractivity contribution in [2.24, 2.45) is 0 Å². The summed E-state index contributed by atoms with van der Waals surface area (Å²) in [5.74, 6) is 1.23. The van der Waals surface area contributed by atoms with Gasteiger partial charge in [0.2, 0.25) is 0 Å². The van der Waals surface area contributed by atoms with Crippen LogP contribution in [0.25, 0.3) is 5.65 Å². The van der Waals surface area contributed by atoms with Crippen molar-refractivity contribution in [3.63, 3.8) is 0 Å². The molecule has 0 bridgehead atoms. The Morgan fingerprint density at radius 2 is 1.94 bits per heavy atom. The third-order valence-electron chi connectivity index (χ3n) is 6.49. The van der Waals surface area contributed by atoms with E-state index in [0.29, 0.717) is 42.5 Å². The maximum Gasteiger partial charge on any atom is 0.350 e. The molecule has 1 saturated heterocycles. The topological polar surface area (TPSA) is 97.9 Å². The Labute approximate surface area is 201 Å². The SMILES string of the molecule is O=C(c1cnc2c(c1)OCCN2c1ccn2c(=O)n(Cc3cccnc3)nc2c1)N1CCCCC1. The third kappa shape index (κ3) is 4.01. The maximum absolute atomic E-state index is 12.9. The highest BCUT2D eigenvalue weighted by Gasteiger charge is 2.25. The molecule has 0 aliphatic carbocycles. The molecule has 0 atom stereocenters. The third-order valence-corrected chi connectivity index (χ3v) is 6.49. The first-order valence-electron chi connectivity index (χ1n) is 11.9. The van der Waals surface area contributed by atoms with Crippen LogP contribution in [-0.2, 0) is 6.54 Å². The number of likely N-dealkylation sites (tertiary alicyclic amines) is 1. The van der Waals surface area contributed by atoms with Crippen molar-refractivity contribution in [2.45, 2.75) is 25.8 Å². The van der Waals surface area contributed by atoms with Crippen molar-refractivity contribution in [1.82, 2.24) is 29.0 Å². The van der Waals surface area contributed by atoms with Crippen molar-refractivity contribution < 1.29 is 9.53 Å². The van der Waals surface area contributed by atoms with Crippen molar-refractivity contribution in [2.75, 3.05) is 31.1 Å². The molecule has 0 saturated carbocycles. The van der Waals surface area contributed by atoms with Crippen molar-refractivity contribution in [3.8, 4) is 5.75 Å². The van der Waals surface area contributed by atoms with Gasteiger partial charge in [0, 0.05) is 49.6 Å². The van der Waals surface area contributed by atoms with Gasteiger partial charge in [-0.05, 0) is 43.0 Å². The summed E-state index contributed by atoms with van der Waals surface area (Å²) in [7, 11) is 0. The number of pyridine rings is 3. The molecule has 0 N–H and O–H groups in total. The highest BCUT2D eigenvalue weighted by atomic mass is 16.5. The summed E-state index contributed by atoms with van der Waals surface area (Å²) in [6, 6.07) is 9.27. The number of hydrogen-bond acceptors (Lipinski definition) is 7. The zero-order valence-electron chi connectivity index (χ0n) is 19.2. The Bertz CT molecular complexity index is 1440. The predicted octanol–water partition coefficient (Wildman–Crippen LogP) is 2.49. The van der Waals surface area contributed by atoms with Gasteiger partial charge < -0.3 is 14.5 Å². The Balaban J connectivity index is 1.29. The number of fused-ring (bicyclic) bond motifs is 2. The van der Waals surface area contributed by atoms with E-state index in [9.17, 15) is 9.59 Å². The van der Waals surface area contributed by atoms with Gasteiger partial charge in [-0.25, -0.2) is 14.5 Å². The van der Waals surface area contributed by atoms with E-state index in [1.54, 1.807) is 30.9 Å². The van der Waals surface area contributed by atoms with Crippen LogP contribution in [0.4, 0.5) is 11.5 Å². The molecule has 178 valence electrons. The Hall–Kier alpha value is -4.21. The molecule has 1 amide bonds. The van der Waals surface area contributed by atoms with Crippen molar-refractivity contribution in [3.05, 3.63) is 76.7 Å². The molecule has 2 aliphatic heterocycles. The van der Waals surface area contributed by atoms with E-state index >= 15 is 0 Å². The second-order valence-corrected chi connectivity index (χ2v) is 8.81. The normalized spacial score (nSPS) is 15.7. The Morgan fingerprint density at radius 3 is 2.77 bits per heavy atom. The zero-order chi connectivity index (χ0) is 23.8. The molecular weight excluding hydrogens is 446 g/mol. The molecule has 4 aromatic heterocycles. The van der Waals surface area contributed by atoms with Gasteiger partial charge in [-0.2, -0.15) is 0 Å². The van der Waals surface area contributed by atoms with Crippen LogP contribution in [0.2, 0.25) is 0 Å². The average Bonchev–Trinajstić information content (AvgIpc) is 3.22. The number of anilines is 2. The van der Waals surface area contributed by atoms with E-state index in [4.69, 9.17) is 4.74 Å². The van der Waals surface area contributed by atoms with Gasteiger partial charge in [-0.3, -0.25) is 14.2 Å². The van der Waals surface area contributed by atoms with Crippen LogP contribution >= 0.6 is 0 Å². The van der Waals surface area contributed by atoms with Crippen LogP contribution in [0.15, 0.2) is 59.9 Å². The van der Waals surface area contributed by atoms with E-state index in [2.05, 4.69) is 15.1 Å². The summed E-state index contributed by atoms with van der Waals surface area (Å²) >= 11 is 0. The van der Waals surface area contributed by atoms with E-state index in [1.807, 2.05) is 34.1 Å². The molecular formula is C25H25N7O3. The fourth-order valence-corrected chi connectivity index (χ4v) is 4.69. The molecule has 0 unspecified atom stereocenters. The number of amides is 1. The summed E-state index contributed by atoms with van der Waals surface area (Å²) in [5, 5.41) is 4.52. The summed E-state index contributed by atoms with van der Waals surface area (Å²) in [6.45, 7) is 2.98. The fraction of sp³-hybridized carbons (Fsp3) is 0.320. The number of carbonyl (C=O) groups is 1. The summed E-state index contributed by atoms with van der Waals surface area (Å²) < 4.78 is 8.83. The molecule has 0 aromatic carbocycles. The number of ether oxygens (including phenoxy) is 1. The molecule has 6 heterocycles. The number of aromatic nitrogens is 5. The van der Waals surface area contributed by atoms with Crippen molar-refractivity contribution in [1.29, 1.82) is 0 Å². The summed E-state index contributed by atoms with van der Waals surface area (Å²) in [6.07, 6.45) is 10.0. The first-order chi connectivity index (χ1) is 17.2. The predicted molar refractivity (Wildman–Crippen MR) is 129 cm³/mol. The van der Waals surface area contributed by atoms with Crippen LogP contribution in [0.5, 0.6) is 5.75 Å². The molecule has 1 fully saturated rings. The summed E-state index contributed by atoms with van der Waals surface area (Å²) in [5.41, 5.74) is 2.63. The largest absolute Gasteiger partial charge is 0.488 e. The van der Waals surface area contributed by atoms with E-state index in [1.165, 1.54) is 15.5 Å². The van der Waals surface area contributed by atoms with Crippen LogP contribution < -0.4 is 15.3 Å².